The van der Waals surface area contributed by atoms with E-state index < -0.39 is 0 Å². The molecule has 24 heavy (non-hydrogen) atoms. The van der Waals surface area contributed by atoms with Crippen molar-refractivity contribution in [2.45, 2.75) is 19.3 Å². The van der Waals surface area contributed by atoms with Crippen LogP contribution in [0.3, 0.4) is 0 Å². The second-order valence-corrected chi connectivity index (χ2v) is 5.78. The highest BCUT2D eigenvalue weighted by Gasteiger charge is 2.32. The third-order valence-corrected chi connectivity index (χ3v) is 4.17. The highest BCUT2D eigenvalue weighted by molar-refractivity contribution is 5.98. The third-order valence-electron chi connectivity index (χ3n) is 4.17. The highest BCUT2D eigenvalue weighted by atomic mass is 16.5. The zero-order valence-corrected chi connectivity index (χ0v) is 13.2. The van der Waals surface area contributed by atoms with Crippen LogP contribution < -0.4 is 0 Å². The molecule has 3 aromatic rings. The molecule has 0 N–H and O–H groups in total. The fraction of sp³-hybridized carbons (Fsp3) is 0.312. The van der Waals surface area contributed by atoms with Gasteiger partial charge in [-0.1, -0.05) is 22.5 Å². The van der Waals surface area contributed by atoms with Gasteiger partial charge < -0.3 is 9.42 Å². The van der Waals surface area contributed by atoms with Crippen molar-refractivity contribution in [3.05, 3.63) is 53.9 Å². The van der Waals surface area contributed by atoms with Crippen LogP contribution >= 0.6 is 0 Å². The van der Waals surface area contributed by atoms with E-state index in [-0.39, 0.29) is 11.8 Å². The van der Waals surface area contributed by atoms with Crippen LogP contribution in [0.4, 0.5) is 0 Å². The van der Waals surface area contributed by atoms with E-state index in [1.165, 1.54) is 0 Å². The molecule has 1 saturated heterocycles. The van der Waals surface area contributed by atoms with Crippen molar-refractivity contribution in [2.75, 3.05) is 13.1 Å². The molecule has 1 fully saturated rings. The lowest BCUT2D eigenvalue weighted by Gasteiger charge is -2.17. The monoisotopic (exact) mass is 324 g/mol. The van der Waals surface area contributed by atoms with Crippen molar-refractivity contribution in [1.82, 2.24) is 30.0 Å². The average molecular weight is 324 g/mol. The molecule has 8 heteroatoms. The molecule has 0 bridgehead atoms. The van der Waals surface area contributed by atoms with Crippen LogP contribution in [-0.2, 0) is 0 Å². The average Bonchev–Trinajstić information content (AvgIpc) is 3.35. The molecule has 4 rings (SSSR count). The molecule has 8 nitrogen and oxygen atoms in total. The predicted octanol–water partition coefficient (Wildman–Crippen LogP) is 1.59. The van der Waals surface area contributed by atoms with Crippen LogP contribution in [0, 0.1) is 6.92 Å². The van der Waals surface area contributed by atoms with E-state index >= 15 is 0 Å². The zero-order chi connectivity index (χ0) is 16.5. The molecule has 0 radical (unpaired) electrons. The summed E-state index contributed by atoms with van der Waals surface area (Å²) in [5, 5.41) is 11.6. The lowest BCUT2D eigenvalue weighted by molar-refractivity contribution is 0.0789. The maximum Gasteiger partial charge on any atom is 0.256 e. The smallest absolute Gasteiger partial charge is 0.256 e. The van der Waals surface area contributed by atoms with Gasteiger partial charge in [0.25, 0.3) is 5.91 Å². The van der Waals surface area contributed by atoms with Crippen molar-refractivity contribution in [2.24, 2.45) is 0 Å². The molecule has 1 amide bonds. The van der Waals surface area contributed by atoms with Gasteiger partial charge >= 0.3 is 0 Å². The first-order valence-corrected chi connectivity index (χ1v) is 7.77. The lowest BCUT2D eigenvalue weighted by atomic mass is 10.1. The van der Waals surface area contributed by atoms with E-state index in [9.17, 15) is 4.79 Å². The Bertz CT molecular complexity index is 857. The summed E-state index contributed by atoms with van der Waals surface area (Å²) < 4.78 is 6.84. The van der Waals surface area contributed by atoms with Gasteiger partial charge in [-0.15, -0.1) is 5.10 Å². The van der Waals surface area contributed by atoms with Crippen LogP contribution in [0.2, 0.25) is 0 Å². The molecule has 0 unspecified atom stereocenters. The van der Waals surface area contributed by atoms with Crippen LogP contribution in [0.5, 0.6) is 0 Å². The number of amides is 1. The number of rotatable bonds is 3. The second-order valence-electron chi connectivity index (χ2n) is 5.78. The fourth-order valence-electron chi connectivity index (χ4n) is 2.99. The standard InChI is InChI=1S/C16H16N6O2/c1-11-18-15(24-19-11)12-6-8-21(10-12)16(23)13-4-2-3-5-14(13)22-9-7-17-20-22/h2-5,7,9,12H,6,8,10H2,1H3/t12-/m1/s1. The van der Waals surface area contributed by atoms with Crippen LogP contribution in [0.25, 0.3) is 5.69 Å². The van der Waals surface area contributed by atoms with Gasteiger partial charge in [0.15, 0.2) is 5.82 Å². The number of benzene rings is 1. The molecule has 1 aliphatic heterocycles. The Hall–Kier alpha value is -3.03. The van der Waals surface area contributed by atoms with E-state index in [1.54, 1.807) is 24.0 Å². The molecular weight excluding hydrogens is 308 g/mol. The summed E-state index contributed by atoms with van der Waals surface area (Å²) in [5.74, 6) is 1.28. The summed E-state index contributed by atoms with van der Waals surface area (Å²) in [7, 11) is 0. The Morgan fingerprint density at radius 2 is 2.21 bits per heavy atom. The first-order valence-electron chi connectivity index (χ1n) is 7.77. The number of carbonyl (C=O) groups is 1. The van der Waals surface area contributed by atoms with E-state index in [0.29, 0.717) is 30.4 Å². The highest BCUT2D eigenvalue weighted by Crippen LogP contribution is 2.28. The summed E-state index contributed by atoms with van der Waals surface area (Å²) in [6, 6.07) is 7.39. The molecule has 0 aliphatic carbocycles. The fourth-order valence-corrected chi connectivity index (χ4v) is 2.99. The number of aromatic nitrogens is 5. The minimum atomic E-state index is -0.0279. The first-order chi connectivity index (χ1) is 11.7. The molecule has 1 aliphatic rings. The van der Waals surface area contributed by atoms with Crippen molar-refractivity contribution < 1.29 is 9.32 Å². The number of likely N-dealkylation sites (tertiary alicyclic amines) is 1. The molecule has 3 heterocycles. The quantitative estimate of drug-likeness (QED) is 0.727. The summed E-state index contributed by atoms with van der Waals surface area (Å²) in [6.45, 7) is 3.03. The van der Waals surface area contributed by atoms with Gasteiger partial charge in [-0.3, -0.25) is 4.79 Å². The number of carbonyl (C=O) groups excluding carboxylic acids is 1. The van der Waals surface area contributed by atoms with Crippen molar-refractivity contribution in [3.63, 3.8) is 0 Å². The topological polar surface area (TPSA) is 89.9 Å². The Balaban J connectivity index is 1.57. The number of para-hydroxylation sites is 1. The van der Waals surface area contributed by atoms with Crippen LogP contribution in [0.15, 0.2) is 41.2 Å². The van der Waals surface area contributed by atoms with E-state index in [0.717, 1.165) is 12.1 Å². The Morgan fingerprint density at radius 1 is 1.33 bits per heavy atom. The van der Waals surface area contributed by atoms with Crippen LogP contribution in [-0.4, -0.2) is 49.0 Å². The Labute approximate surface area is 138 Å². The van der Waals surface area contributed by atoms with E-state index in [2.05, 4.69) is 20.5 Å². The van der Waals surface area contributed by atoms with Gasteiger partial charge in [-0.25, -0.2) is 4.68 Å². The Morgan fingerprint density at radius 3 is 2.96 bits per heavy atom. The maximum atomic E-state index is 12.9. The van der Waals surface area contributed by atoms with Gasteiger partial charge in [0.2, 0.25) is 5.89 Å². The largest absolute Gasteiger partial charge is 0.339 e. The number of hydrogen-bond donors (Lipinski definition) is 0. The molecular formula is C16H16N6O2. The van der Waals surface area contributed by atoms with Crippen molar-refractivity contribution in [3.8, 4) is 5.69 Å². The minimum Gasteiger partial charge on any atom is -0.339 e. The molecule has 122 valence electrons. The summed E-state index contributed by atoms with van der Waals surface area (Å²) >= 11 is 0. The number of nitrogens with zero attached hydrogens (tertiary/aromatic N) is 6. The van der Waals surface area contributed by atoms with Crippen LogP contribution in [0.1, 0.15) is 34.4 Å². The van der Waals surface area contributed by atoms with Gasteiger partial charge in [0.1, 0.15) is 0 Å². The van der Waals surface area contributed by atoms with Crippen molar-refractivity contribution in [1.29, 1.82) is 0 Å². The lowest BCUT2D eigenvalue weighted by Crippen LogP contribution is -2.29. The maximum absolute atomic E-state index is 12.9. The third kappa shape index (κ3) is 2.55. The summed E-state index contributed by atoms with van der Waals surface area (Å²) in [4.78, 5) is 19.0. The normalized spacial score (nSPS) is 17.4. The minimum absolute atomic E-state index is 0.0279. The SMILES string of the molecule is Cc1noc([C@@H]2CCN(C(=O)c3ccccc3-n3ccnn3)C2)n1. The predicted molar refractivity (Wildman–Crippen MR) is 83.7 cm³/mol. The molecule has 1 atom stereocenters. The summed E-state index contributed by atoms with van der Waals surface area (Å²) in [5.41, 5.74) is 1.32. The number of aryl methyl sites for hydroxylation is 1. The van der Waals surface area contributed by atoms with E-state index in [4.69, 9.17) is 4.52 Å². The molecule has 1 aromatic carbocycles. The van der Waals surface area contributed by atoms with Gasteiger partial charge in [0, 0.05) is 13.1 Å². The van der Waals surface area contributed by atoms with Gasteiger partial charge in [0.05, 0.1) is 29.6 Å². The zero-order valence-electron chi connectivity index (χ0n) is 13.2. The van der Waals surface area contributed by atoms with Gasteiger partial charge in [-0.2, -0.15) is 4.98 Å². The number of hydrogen-bond acceptors (Lipinski definition) is 6. The summed E-state index contributed by atoms with van der Waals surface area (Å²) in [6.07, 6.45) is 4.13. The molecule has 0 saturated carbocycles. The Kier molecular flexibility index (Phi) is 3.56. The second kappa shape index (κ2) is 5.88. The van der Waals surface area contributed by atoms with E-state index in [1.807, 2.05) is 29.2 Å². The van der Waals surface area contributed by atoms with Gasteiger partial charge in [-0.05, 0) is 25.5 Å². The molecule has 0 spiro atoms. The first kappa shape index (κ1) is 14.6. The molecule has 2 aromatic heterocycles. The van der Waals surface area contributed by atoms with Crippen molar-refractivity contribution >= 4 is 5.91 Å².